The summed E-state index contributed by atoms with van der Waals surface area (Å²) in [6, 6.07) is 5.36. The van der Waals surface area contributed by atoms with E-state index < -0.39 is 11.6 Å². The first-order valence-corrected chi connectivity index (χ1v) is 4.51. The molecule has 0 radical (unpaired) electrons. The monoisotopic (exact) mass is 235 g/mol. The van der Waals surface area contributed by atoms with Crippen molar-refractivity contribution in [2.75, 3.05) is 0 Å². The van der Waals surface area contributed by atoms with Gasteiger partial charge >= 0.3 is 11.6 Å². The number of benzene rings is 1. The molecule has 1 heterocycles. The first kappa shape index (κ1) is 12.4. The fourth-order valence-corrected chi connectivity index (χ4v) is 0.871. The molecule has 0 aliphatic carbocycles. The van der Waals surface area contributed by atoms with Crippen molar-refractivity contribution >= 4 is 5.97 Å². The van der Waals surface area contributed by atoms with E-state index in [2.05, 4.69) is 9.40 Å². The van der Waals surface area contributed by atoms with Gasteiger partial charge in [0, 0.05) is 0 Å². The van der Waals surface area contributed by atoms with Gasteiger partial charge in [0.15, 0.2) is 0 Å². The van der Waals surface area contributed by atoms with Crippen LogP contribution in [0.1, 0.15) is 10.4 Å². The summed E-state index contributed by atoms with van der Waals surface area (Å²) >= 11 is 0. The van der Waals surface area contributed by atoms with Crippen molar-refractivity contribution in [3.05, 3.63) is 58.9 Å². The minimum Gasteiger partial charge on any atom is -0.508 e. The van der Waals surface area contributed by atoms with Crippen molar-refractivity contribution in [2.45, 2.75) is 0 Å². The van der Waals surface area contributed by atoms with E-state index in [1.165, 1.54) is 36.7 Å². The lowest BCUT2D eigenvalue weighted by Crippen LogP contribution is -1.93. The highest BCUT2D eigenvalue weighted by atomic mass is 16.4. The van der Waals surface area contributed by atoms with Crippen molar-refractivity contribution in [3.8, 4) is 5.75 Å². The van der Waals surface area contributed by atoms with Gasteiger partial charge in [-0.3, -0.25) is 4.98 Å². The number of aromatic carboxylic acids is 1. The Kier molecular flexibility index (Phi) is 4.44. The molecule has 0 spiro atoms. The molecule has 0 saturated heterocycles. The van der Waals surface area contributed by atoms with Gasteiger partial charge in [-0.05, 0) is 24.3 Å². The average molecular weight is 235 g/mol. The molecule has 2 aromatic rings. The van der Waals surface area contributed by atoms with Crippen molar-refractivity contribution in [2.24, 2.45) is 0 Å². The smallest absolute Gasteiger partial charge is 0.354 e. The Labute approximate surface area is 95.8 Å². The summed E-state index contributed by atoms with van der Waals surface area (Å²) in [6.45, 7) is 0. The third-order valence-electron chi connectivity index (χ3n) is 1.63. The molecule has 0 atom stereocenters. The third kappa shape index (κ3) is 4.61. The fourth-order valence-electron chi connectivity index (χ4n) is 0.871. The zero-order chi connectivity index (χ0) is 12.7. The molecule has 17 heavy (non-hydrogen) atoms. The van der Waals surface area contributed by atoms with Crippen LogP contribution in [0.5, 0.6) is 5.75 Å². The predicted molar refractivity (Wildman–Crippen MR) is 57.8 cm³/mol. The maximum atomic E-state index is 10.2. The molecule has 0 aliphatic rings. The van der Waals surface area contributed by atoms with Crippen LogP contribution in [-0.4, -0.2) is 21.2 Å². The summed E-state index contributed by atoms with van der Waals surface area (Å²) < 4.78 is 4.31. The Hall–Kier alpha value is -2.63. The maximum absolute atomic E-state index is 10.2. The Morgan fingerprint density at radius 3 is 2.24 bits per heavy atom. The van der Waals surface area contributed by atoms with Gasteiger partial charge < -0.3 is 14.6 Å². The quantitative estimate of drug-likeness (QED) is 0.768. The van der Waals surface area contributed by atoms with E-state index in [-0.39, 0.29) is 11.3 Å². The molecule has 88 valence electrons. The molecule has 2 N–H and O–H groups in total. The summed E-state index contributed by atoms with van der Waals surface area (Å²) in [5, 5.41) is 17.1. The maximum Gasteiger partial charge on any atom is 0.354 e. The second kappa shape index (κ2) is 6.06. The minimum atomic E-state index is -0.986. The Morgan fingerprint density at radius 2 is 1.88 bits per heavy atom. The lowest BCUT2D eigenvalue weighted by molar-refractivity contribution is 0.0697. The standard InChI is InChI=1S/C7H6O3.C4H3NO2/c8-6-3-1-5(2-4-6)7(9)10;6-4-3-5-1-2-7-4/h1-4,8H,(H,9,10);1-3H. The van der Waals surface area contributed by atoms with Gasteiger partial charge in [-0.1, -0.05) is 0 Å². The summed E-state index contributed by atoms with van der Waals surface area (Å²) in [4.78, 5) is 23.7. The molecule has 0 aliphatic heterocycles. The molecule has 0 bridgehead atoms. The Morgan fingerprint density at radius 1 is 1.24 bits per heavy atom. The van der Waals surface area contributed by atoms with Gasteiger partial charge in [-0.25, -0.2) is 9.59 Å². The normalized spacial score (nSPS) is 8.94. The van der Waals surface area contributed by atoms with Crippen LogP contribution in [0.2, 0.25) is 0 Å². The minimum absolute atomic E-state index is 0.0741. The van der Waals surface area contributed by atoms with Crippen LogP contribution >= 0.6 is 0 Å². The van der Waals surface area contributed by atoms with E-state index in [0.29, 0.717) is 0 Å². The second-order valence-corrected chi connectivity index (χ2v) is 2.85. The third-order valence-corrected chi connectivity index (χ3v) is 1.63. The van der Waals surface area contributed by atoms with E-state index in [9.17, 15) is 9.59 Å². The predicted octanol–water partition coefficient (Wildman–Crippen LogP) is 1.13. The van der Waals surface area contributed by atoms with E-state index >= 15 is 0 Å². The topological polar surface area (TPSA) is 101 Å². The number of rotatable bonds is 1. The van der Waals surface area contributed by atoms with Gasteiger partial charge in [0.25, 0.3) is 0 Å². The molecule has 0 fully saturated rings. The van der Waals surface area contributed by atoms with E-state index in [1.54, 1.807) is 0 Å². The number of phenolic OH excluding ortho intramolecular Hbond substituents is 1. The molecule has 0 amide bonds. The molecular formula is C11H9NO5. The highest BCUT2D eigenvalue weighted by Crippen LogP contribution is 2.08. The molecule has 2 rings (SSSR count). The summed E-state index contributed by atoms with van der Waals surface area (Å²) in [7, 11) is 0. The number of hydrogen-bond donors (Lipinski definition) is 2. The van der Waals surface area contributed by atoms with Gasteiger partial charge in [-0.15, -0.1) is 0 Å². The Bertz CT molecular complexity index is 515. The van der Waals surface area contributed by atoms with Crippen molar-refractivity contribution in [3.63, 3.8) is 0 Å². The summed E-state index contributed by atoms with van der Waals surface area (Å²) in [5.74, 6) is -0.912. The number of carboxylic acid groups (broad SMARTS) is 1. The zero-order valence-electron chi connectivity index (χ0n) is 8.61. The van der Waals surface area contributed by atoms with Gasteiger partial charge in [0.2, 0.25) is 0 Å². The SMILES string of the molecule is O=C(O)c1ccc(O)cc1.O=c1cncco1. The van der Waals surface area contributed by atoms with Crippen LogP contribution in [0.15, 0.2) is 52.1 Å². The van der Waals surface area contributed by atoms with E-state index in [1.807, 2.05) is 0 Å². The molecule has 6 nitrogen and oxygen atoms in total. The number of carboxylic acids is 1. The molecule has 0 unspecified atom stereocenters. The van der Waals surface area contributed by atoms with Gasteiger partial charge in [-0.2, -0.15) is 0 Å². The van der Waals surface area contributed by atoms with Gasteiger partial charge in [0.05, 0.1) is 11.8 Å². The fraction of sp³-hybridized carbons (Fsp3) is 0. The molecule has 1 aromatic carbocycles. The number of carbonyl (C=O) groups is 1. The first-order chi connectivity index (χ1) is 8.09. The highest BCUT2D eigenvalue weighted by Gasteiger charge is 1.99. The average Bonchev–Trinajstić information content (AvgIpc) is 2.31. The number of aromatic hydroxyl groups is 1. The van der Waals surface area contributed by atoms with Crippen LogP contribution in [-0.2, 0) is 0 Å². The molecule has 1 aromatic heterocycles. The lowest BCUT2D eigenvalue weighted by Gasteiger charge is -1.92. The van der Waals surface area contributed by atoms with E-state index in [0.717, 1.165) is 6.20 Å². The molecule has 0 saturated carbocycles. The molecular weight excluding hydrogens is 226 g/mol. The lowest BCUT2D eigenvalue weighted by atomic mass is 10.2. The van der Waals surface area contributed by atoms with E-state index in [4.69, 9.17) is 10.2 Å². The van der Waals surface area contributed by atoms with Crippen LogP contribution in [0.3, 0.4) is 0 Å². The highest BCUT2D eigenvalue weighted by molar-refractivity contribution is 5.87. The zero-order valence-corrected chi connectivity index (χ0v) is 8.61. The molecule has 6 heteroatoms. The van der Waals surface area contributed by atoms with Crippen molar-refractivity contribution in [1.29, 1.82) is 0 Å². The Balaban J connectivity index is 0.000000181. The van der Waals surface area contributed by atoms with Crippen LogP contribution in [0.4, 0.5) is 0 Å². The van der Waals surface area contributed by atoms with Crippen LogP contribution in [0.25, 0.3) is 0 Å². The number of hydrogen-bond acceptors (Lipinski definition) is 5. The van der Waals surface area contributed by atoms with Crippen molar-refractivity contribution in [1.82, 2.24) is 4.98 Å². The van der Waals surface area contributed by atoms with Crippen LogP contribution in [0, 0.1) is 0 Å². The van der Waals surface area contributed by atoms with Crippen LogP contribution < -0.4 is 5.63 Å². The number of nitrogens with zero attached hydrogens (tertiary/aromatic N) is 1. The summed E-state index contributed by atoms with van der Waals surface area (Å²) in [6.07, 6.45) is 3.75. The van der Waals surface area contributed by atoms with Crippen molar-refractivity contribution < 1.29 is 19.4 Å². The summed E-state index contributed by atoms with van der Waals surface area (Å²) in [5.41, 5.74) is -0.236. The number of phenols is 1. The van der Waals surface area contributed by atoms with Gasteiger partial charge in [0.1, 0.15) is 18.2 Å². The largest absolute Gasteiger partial charge is 0.508 e. The second-order valence-electron chi connectivity index (χ2n) is 2.85. The first-order valence-electron chi connectivity index (χ1n) is 4.51. The number of aromatic nitrogens is 1.